The molecular formula is C16H22N2O7. The maximum atomic E-state index is 10.5. The van der Waals surface area contributed by atoms with Gasteiger partial charge in [0.15, 0.2) is 6.23 Å². The van der Waals surface area contributed by atoms with Crippen molar-refractivity contribution in [3.8, 4) is 5.75 Å². The molecule has 0 aromatic heterocycles. The van der Waals surface area contributed by atoms with E-state index in [9.17, 15) is 4.79 Å². The summed E-state index contributed by atoms with van der Waals surface area (Å²) in [6, 6.07) is 9.72. The Morgan fingerprint density at radius 1 is 1.24 bits per heavy atom. The zero-order valence-electron chi connectivity index (χ0n) is 13.6. The Hall–Kier alpha value is -2.65. The van der Waals surface area contributed by atoms with Crippen molar-refractivity contribution >= 4 is 18.4 Å². The largest absolute Gasteiger partial charge is 0.473 e. The van der Waals surface area contributed by atoms with Crippen molar-refractivity contribution < 1.29 is 34.2 Å². The summed E-state index contributed by atoms with van der Waals surface area (Å²) >= 11 is 0. The number of piperidine rings is 1. The van der Waals surface area contributed by atoms with Crippen LogP contribution in [-0.4, -0.2) is 47.4 Å². The van der Waals surface area contributed by atoms with Crippen LogP contribution in [0.5, 0.6) is 5.75 Å². The van der Waals surface area contributed by atoms with Crippen molar-refractivity contribution in [2.24, 2.45) is 0 Å². The highest BCUT2D eigenvalue weighted by molar-refractivity contribution is 6.27. The van der Waals surface area contributed by atoms with Crippen LogP contribution in [0.3, 0.4) is 0 Å². The highest BCUT2D eigenvalue weighted by atomic mass is 16.7. The van der Waals surface area contributed by atoms with Crippen molar-refractivity contribution in [2.75, 3.05) is 6.54 Å². The van der Waals surface area contributed by atoms with Crippen molar-refractivity contribution in [1.82, 2.24) is 10.8 Å². The highest BCUT2D eigenvalue weighted by Gasteiger charge is 2.19. The van der Waals surface area contributed by atoms with Crippen LogP contribution in [0.2, 0.25) is 0 Å². The molecule has 0 amide bonds. The molecule has 0 saturated carbocycles. The maximum Gasteiger partial charge on any atom is 0.414 e. The summed E-state index contributed by atoms with van der Waals surface area (Å²) < 4.78 is 5.01. The van der Waals surface area contributed by atoms with Crippen LogP contribution >= 0.6 is 0 Å². The zero-order valence-corrected chi connectivity index (χ0v) is 13.6. The first-order chi connectivity index (χ1) is 12.0. The van der Waals surface area contributed by atoms with E-state index in [2.05, 4.69) is 10.8 Å². The first kappa shape index (κ1) is 20.4. The van der Waals surface area contributed by atoms with E-state index >= 15 is 0 Å². The van der Waals surface area contributed by atoms with Gasteiger partial charge in [0.25, 0.3) is 6.47 Å². The third-order valence-electron chi connectivity index (χ3n) is 3.37. The SMILES string of the molecule is O=C(O)C(=O)O.O=COC(CC1CCCCN1)NOc1ccccc1. The summed E-state index contributed by atoms with van der Waals surface area (Å²) in [4.78, 5) is 34.1. The van der Waals surface area contributed by atoms with Crippen LogP contribution in [0.25, 0.3) is 0 Å². The molecule has 138 valence electrons. The lowest BCUT2D eigenvalue weighted by Gasteiger charge is -2.27. The average molecular weight is 354 g/mol. The number of rotatable bonds is 7. The molecule has 1 aromatic carbocycles. The fourth-order valence-corrected chi connectivity index (χ4v) is 2.20. The topological polar surface area (TPSA) is 134 Å². The van der Waals surface area contributed by atoms with Crippen LogP contribution in [0.15, 0.2) is 30.3 Å². The number of hydroxylamine groups is 1. The van der Waals surface area contributed by atoms with Crippen molar-refractivity contribution in [3.05, 3.63) is 30.3 Å². The van der Waals surface area contributed by atoms with Crippen molar-refractivity contribution in [3.63, 3.8) is 0 Å². The number of hydrogen-bond donors (Lipinski definition) is 4. The van der Waals surface area contributed by atoms with Gasteiger partial charge >= 0.3 is 11.9 Å². The second-order valence-corrected chi connectivity index (χ2v) is 5.25. The quantitative estimate of drug-likeness (QED) is 0.242. The Morgan fingerprint density at radius 3 is 2.44 bits per heavy atom. The maximum absolute atomic E-state index is 10.5. The lowest BCUT2D eigenvalue weighted by molar-refractivity contribution is -0.159. The number of ether oxygens (including phenoxy) is 1. The van der Waals surface area contributed by atoms with E-state index in [1.165, 1.54) is 12.8 Å². The molecule has 1 heterocycles. The fraction of sp³-hybridized carbons (Fsp3) is 0.438. The number of para-hydroxylation sites is 1. The van der Waals surface area contributed by atoms with Crippen LogP contribution in [0.4, 0.5) is 0 Å². The summed E-state index contributed by atoms with van der Waals surface area (Å²) in [6.07, 6.45) is 3.79. The normalized spacial score (nSPS) is 17.4. The number of carboxylic acid groups (broad SMARTS) is 2. The lowest BCUT2D eigenvalue weighted by Crippen LogP contribution is -2.43. The third-order valence-corrected chi connectivity index (χ3v) is 3.37. The van der Waals surface area contributed by atoms with Gasteiger partial charge in [0.1, 0.15) is 5.75 Å². The number of carbonyl (C=O) groups excluding carboxylic acids is 1. The zero-order chi connectivity index (χ0) is 18.5. The second kappa shape index (κ2) is 11.8. The van der Waals surface area contributed by atoms with Gasteiger partial charge in [0.05, 0.1) is 0 Å². The number of hydrogen-bond acceptors (Lipinski definition) is 7. The first-order valence-corrected chi connectivity index (χ1v) is 7.79. The minimum atomic E-state index is -1.82. The van der Waals surface area contributed by atoms with E-state index in [0.29, 0.717) is 24.7 Å². The summed E-state index contributed by atoms with van der Waals surface area (Å²) in [6.45, 7) is 1.48. The average Bonchev–Trinajstić information content (AvgIpc) is 2.62. The number of carbonyl (C=O) groups is 3. The van der Waals surface area contributed by atoms with Crippen LogP contribution in [0, 0.1) is 0 Å². The lowest BCUT2D eigenvalue weighted by atomic mass is 10.0. The number of benzene rings is 1. The number of carboxylic acids is 2. The van der Waals surface area contributed by atoms with E-state index in [4.69, 9.17) is 29.4 Å². The van der Waals surface area contributed by atoms with Crippen molar-refractivity contribution in [1.29, 1.82) is 0 Å². The minimum absolute atomic E-state index is 0.366. The molecule has 0 bridgehead atoms. The molecule has 1 saturated heterocycles. The Labute approximate surface area is 144 Å². The molecule has 0 radical (unpaired) electrons. The monoisotopic (exact) mass is 354 g/mol. The molecule has 1 aliphatic rings. The summed E-state index contributed by atoms with van der Waals surface area (Å²) in [5, 5.41) is 18.2. The van der Waals surface area contributed by atoms with Gasteiger partial charge in [-0.3, -0.25) is 4.79 Å². The predicted molar refractivity (Wildman–Crippen MR) is 86.7 cm³/mol. The third kappa shape index (κ3) is 9.28. The second-order valence-electron chi connectivity index (χ2n) is 5.25. The molecule has 9 heteroatoms. The van der Waals surface area contributed by atoms with Crippen LogP contribution < -0.4 is 15.6 Å². The predicted octanol–water partition coefficient (Wildman–Crippen LogP) is 0.757. The van der Waals surface area contributed by atoms with Gasteiger partial charge in [-0.1, -0.05) is 24.6 Å². The molecule has 0 spiro atoms. The Balaban J connectivity index is 0.000000450. The van der Waals surface area contributed by atoms with Gasteiger partial charge < -0.3 is 25.1 Å². The molecule has 1 aromatic rings. The molecule has 25 heavy (non-hydrogen) atoms. The molecule has 1 fully saturated rings. The van der Waals surface area contributed by atoms with Gasteiger partial charge in [-0.15, -0.1) is 5.48 Å². The first-order valence-electron chi connectivity index (χ1n) is 7.79. The summed E-state index contributed by atoms with van der Waals surface area (Å²) in [7, 11) is 0. The summed E-state index contributed by atoms with van der Waals surface area (Å²) in [5.41, 5.74) is 2.79. The van der Waals surface area contributed by atoms with E-state index in [-0.39, 0.29) is 0 Å². The fourth-order valence-electron chi connectivity index (χ4n) is 2.20. The molecule has 2 rings (SSSR count). The molecule has 1 aliphatic heterocycles. The minimum Gasteiger partial charge on any atom is -0.473 e. The van der Waals surface area contributed by atoms with Gasteiger partial charge in [0.2, 0.25) is 0 Å². The Morgan fingerprint density at radius 2 is 1.92 bits per heavy atom. The highest BCUT2D eigenvalue weighted by Crippen LogP contribution is 2.13. The Bertz CT molecular complexity index is 521. The molecule has 0 aliphatic carbocycles. The number of nitrogens with one attached hydrogen (secondary N) is 2. The molecule has 4 N–H and O–H groups in total. The van der Waals surface area contributed by atoms with E-state index in [0.717, 1.165) is 13.0 Å². The standard InChI is InChI=1S/C14H20N2O3.C2H2O4/c17-11-18-14(10-12-6-4-5-9-15-12)16-19-13-7-2-1-3-8-13;3-1(4)2(5)6/h1-3,7-8,11-12,14-16H,4-6,9-10H2;(H,3,4)(H,5,6). The van der Waals surface area contributed by atoms with Crippen molar-refractivity contribution in [2.45, 2.75) is 38.0 Å². The molecule has 2 unspecified atom stereocenters. The van der Waals surface area contributed by atoms with E-state index < -0.39 is 18.2 Å². The van der Waals surface area contributed by atoms with Gasteiger partial charge in [-0.05, 0) is 31.5 Å². The Kier molecular flexibility index (Phi) is 9.64. The van der Waals surface area contributed by atoms with Gasteiger partial charge in [0, 0.05) is 12.5 Å². The summed E-state index contributed by atoms with van der Waals surface area (Å²) in [5.74, 6) is -2.95. The van der Waals surface area contributed by atoms with Gasteiger partial charge in [-0.25, -0.2) is 9.59 Å². The molecule has 9 nitrogen and oxygen atoms in total. The van der Waals surface area contributed by atoms with Gasteiger partial charge in [-0.2, -0.15) is 0 Å². The van der Waals surface area contributed by atoms with E-state index in [1.54, 1.807) is 0 Å². The van der Waals surface area contributed by atoms with Crippen LogP contribution in [0.1, 0.15) is 25.7 Å². The smallest absolute Gasteiger partial charge is 0.414 e. The number of aliphatic carboxylic acids is 2. The molecular weight excluding hydrogens is 332 g/mol. The molecule has 2 atom stereocenters. The van der Waals surface area contributed by atoms with E-state index in [1.807, 2.05) is 30.3 Å². The van der Waals surface area contributed by atoms with Crippen LogP contribution in [-0.2, 0) is 19.1 Å².